The fraction of sp³-hybridized carbons (Fsp3) is 0.850. The number of ether oxygens (including phenoxy) is 1. The molecule has 1 heterocycles. The summed E-state index contributed by atoms with van der Waals surface area (Å²) in [5, 5.41) is 22.3. The van der Waals surface area contributed by atoms with Crippen LogP contribution < -0.4 is 0 Å². The van der Waals surface area contributed by atoms with E-state index in [1.165, 1.54) is 18.9 Å². The highest BCUT2D eigenvalue weighted by Crippen LogP contribution is 2.67. The molecule has 4 rings (SSSR count). The van der Waals surface area contributed by atoms with Crippen LogP contribution in [-0.2, 0) is 9.53 Å². The molecule has 3 saturated carbocycles. The zero-order valence-corrected chi connectivity index (χ0v) is 15.3. The van der Waals surface area contributed by atoms with Crippen molar-refractivity contribution in [3.05, 3.63) is 11.6 Å². The van der Waals surface area contributed by atoms with Gasteiger partial charge in [0.15, 0.2) is 0 Å². The van der Waals surface area contributed by atoms with Gasteiger partial charge in [-0.05, 0) is 61.2 Å². The average Bonchev–Trinajstić information content (AvgIpc) is 2.75. The van der Waals surface area contributed by atoms with Gasteiger partial charge in [-0.25, -0.2) is 4.79 Å². The van der Waals surface area contributed by atoms with Crippen molar-refractivity contribution in [2.75, 3.05) is 0 Å². The van der Waals surface area contributed by atoms with E-state index in [0.29, 0.717) is 17.9 Å². The van der Waals surface area contributed by atoms with E-state index < -0.39 is 17.4 Å². The van der Waals surface area contributed by atoms with Crippen LogP contribution in [0.3, 0.4) is 0 Å². The summed E-state index contributed by atoms with van der Waals surface area (Å²) >= 11 is 0. The third-order valence-electron chi connectivity index (χ3n) is 8.09. The van der Waals surface area contributed by atoms with Crippen LogP contribution in [0.25, 0.3) is 0 Å². The molecular formula is C20H30O4. The SMILES string of the molecule is CC1(C)CCC[C@]2(C)[C@H]3C[C@@]4(O)OC(=O)C=C4[C@@](C)(O)[C@@H]3CC[C@@H]12. The van der Waals surface area contributed by atoms with Gasteiger partial charge in [0.1, 0.15) is 0 Å². The average molecular weight is 334 g/mol. The molecule has 0 aromatic rings. The Morgan fingerprint density at radius 1 is 1.08 bits per heavy atom. The molecular weight excluding hydrogens is 304 g/mol. The van der Waals surface area contributed by atoms with E-state index in [1.54, 1.807) is 6.92 Å². The van der Waals surface area contributed by atoms with Crippen LogP contribution in [0, 0.1) is 28.6 Å². The lowest BCUT2D eigenvalue weighted by molar-refractivity contribution is -0.242. The van der Waals surface area contributed by atoms with Gasteiger partial charge in [-0.2, -0.15) is 0 Å². The lowest BCUT2D eigenvalue weighted by atomic mass is 9.42. The molecule has 0 spiro atoms. The van der Waals surface area contributed by atoms with Crippen molar-refractivity contribution in [3.63, 3.8) is 0 Å². The van der Waals surface area contributed by atoms with Crippen LogP contribution in [0.1, 0.15) is 66.2 Å². The number of fused-ring (bicyclic) bond motifs is 4. The maximum atomic E-state index is 11.8. The summed E-state index contributed by atoms with van der Waals surface area (Å²) in [6, 6.07) is 0. The highest BCUT2D eigenvalue weighted by molar-refractivity contribution is 5.87. The zero-order chi connectivity index (χ0) is 17.5. The Hall–Kier alpha value is -0.870. The van der Waals surface area contributed by atoms with Crippen molar-refractivity contribution < 1.29 is 19.7 Å². The highest BCUT2D eigenvalue weighted by Gasteiger charge is 2.66. The summed E-state index contributed by atoms with van der Waals surface area (Å²) in [7, 11) is 0. The third kappa shape index (κ3) is 1.96. The fourth-order valence-electron chi connectivity index (χ4n) is 7.06. The van der Waals surface area contributed by atoms with Gasteiger partial charge in [0.2, 0.25) is 5.79 Å². The predicted molar refractivity (Wildman–Crippen MR) is 89.8 cm³/mol. The lowest BCUT2D eigenvalue weighted by Crippen LogP contribution is -2.63. The Kier molecular flexibility index (Phi) is 3.21. The maximum absolute atomic E-state index is 11.8. The highest BCUT2D eigenvalue weighted by atomic mass is 16.7. The Morgan fingerprint density at radius 3 is 2.50 bits per heavy atom. The number of aliphatic hydroxyl groups is 2. The molecule has 0 bridgehead atoms. The van der Waals surface area contributed by atoms with E-state index in [1.807, 2.05) is 0 Å². The van der Waals surface area contributed by atoms with E-state index in [4.69, 9.17) is 4.74 Å². The molecule has 6 atom stereocenters. The summed E-state index contributed by atoms with van der Waals surface area (Å²) < 4.78 is 5.28. The molecule has 0 radical (unpaired) electrons. The molecule has 0 saturated heterocycles. The summed E-state index contributed by atoms with van der Waals surface area (Å²) in [5.74, 6) is -1.32. The lowest BCUT2D eigenvalue weighted by Gasteiger charge is -2.64. The Morgan fingerprint density at radius 2 is 1.79 bits per heavy atom. The van der Waals surface area contributed by atoms with E-state index in [9.17, 15) is 15.0 Å². The molecule has 3 fully saturated rings. The monoisotopic (exact) mass is 334 g/mol. The van der Waals surface area contributed by atoms with Gasteiger partial charge in [-0.3, -0.25) is 0 Å². The molecule has 24 heavy (non-hydrogen) atoms. The fourth-order valence-corrected chi connectivity index (χ4v) is 7.06. The molecule has 1 aliphatic heterocycles. The quantitative estimate of drug-likeness (QED) is 0.668. The van der Waals surface area contributed by atoms with Crippen molar-refractivity contribution in [1.29, 1.82) is 0 Å². The summed E-state index contributed by atoms with van der Waals surface area (Å²) in [6.45, 7) is 8.85. The van der Waals surface area contributed by atoms with Crippen molar-refractivity contribution in [3.8, 4) is 0 Å². The minimum Gasteiger partial charge on any atom is -0.426 e. The van der Waals surface area contributed by atoms with Crippen LogP contribution >= 0.6 is 0 Å². The standard InChI is InChI=1S/C20H30O4/c1-17(2)8-5-9-18(3)13-11-20(23)15(10-16(21)24-20)19(4,22)12(13)6-7-14(17)18/h10,12-14,22-23H,5-9,11H2,1-4H3/t12-,13+,14+,18-,19+,20-/m1/s1. The van der Waals surface area contributed by atoms with Crippen molar-refractivity contribution >= 4 is 5.97 Å². The normalized spacial score (nSPS) is 52.7. The van der Waals surface area contributed by atoms with Crippen LogP contribution in [-0.4, -0.2) is 27.6 Å². The maximum Gasteiger partial charge on any atom is 0.333 e. The Balaban J connectivity index is 1.79. The molecule has 134 valence electrons. The molecule has 0 unspecified atom stereocenters. The summed E-state index contributed by atoms with van der Waals surface area (Å²) in [5.41, 5.74) is -0.447. The van der Waals surface area contributed by atoms with Crippen molar-refractivity contribution in [2.24, 2.45) is 28.6 Å². The Labute approximate surface area is 144 Å². The van der Waals surface area contributed by atoms with Gasteiger partial charge >= 0.3 is 5.97 Å². The van der Waals surface area contributed by atoms with Gasteiger partial charge in [-0.15, -0.1) is 0 Å². The molecule has 4 heteroatoms. The largest absolute Gasteiger partial charge is 0.426 e. The molecule has 0 aromatic carbocycles. The molecule has 3 aliphatic carbocycles. The van der Waals surface area contributed by atoms with E-state index in [-0.39, 0.29) is 22.7 Å². The third-order valence-corrected chi connectivity index (χ3v) is 8.09. The van der Waals surface area contributed by atoms with Gasteiger partial charge in [-0.1, -0.05) is 27.2 Å². The first-order valence-electron chi connectivity index (χ1n) is 9.41. The second-order valence-electron chi connectivity index (χ2n) is 9.81. The second-order valence-corrected chi connectivity index (χ2v) is 9.81. The Bertz CT molecular complexity index is 619. The zero-order valence-electron chi connectivity index (χ0n) is 15.3. The van der Waals surface area contributed by atoms with Crippen LogP contribution in [0.2, 0.25) is 0 Å². The van der Waals surface area contributed by atoms with Crippen LogP contribution in [0.5, 0.6) is 0 Å². The van der Waals surface area contributed by atoms with Gasteiger partial charge in [0.05, 0.1) is 5.60 Å². The number of carbonyl (C=O) groups excluding carboxylic acids is 1. The van der Waals surface area contributed by atoms with Crippen molar-refractivity contribution in [2.45, 2.75) is 77.6 Å². The first-order valence-corrected chi connectivity index (χ1v) is 9.41. The van der Waals surface area contributed by atoms with Gasteiger partial charge < -0.3 is 14.9 Å². The van der Waals surface area contributed by atoms with Crippen LogP contribution in [0.4, 0.5) is 0 Å². The van der Waals surface area contributed by atoms with E-state index >= 15 is 0 Å². The number of rotatable bonds is 0. The van der Waals surface area contributed by atoms with Crippen LogP contribution in [0.15, 0.2) is 11.6 Å². The summed E-state index contributed by atoms with van der Waals surface area (Å²) in [4.78, 5) is 11.8. The number of hydrogen-bond donors (Lipinski definition) is 2. The molecule has 4 aliphatic rings. The van der Waals surface area contributed by atoms with E-state index in [0.717, 1.165) is 19.3 Å². The van der Waals surface area contributed by atoms with Gasteiger partial charge in [0, 0.05) is 18.1 Å². The number of carbonyl (C=O) groups is 1. The number of esters is 1. The van der Waals surface area contributed by atoms with Crippen molar-refractivity contribution in [1.82, 2.24) is 0 Å². The molecule has 0 aromatic heterocycles. The minimum atomic E-state index is -1.62. The summed E-state index contributed by atoms with van der Waals surface area (Å²) in [6.07, 6.45) is 7.35. The predicted octanol–water partition coefficient (Wildman–Crippen LogP) is 3.17. The van der Waals surface area contributed by atoms with Gasteiger partial charge in [0.25, 0.3) is 0 Å². The minimum absolute atomic E-state index is 0.0743. The molecule has 4 nitrogen and oxygen atoms in total. The second kappa shape index (κ2) is 4.64. The molecule has 2 N–H and O–H groups in total. The number of hydrogen-bond acceptors (Lipinski definition) is 4. The first kappa shape index (κ1) is 16.6. The first-order chi connectivity index (χ1) is 11.0. The topological polar surface area (TPSA) is 66.8 Å². The molecule has 0 amide bonds. The smallest absolute Gasteiger partial charge is 0.333 e. The van der Waals surface area contributed by atoms with E-state index in [2.05, 4.69) is 20.8 Å².